The Morgan fingerprint density at radius 1 is 0.515 bits per heavy atom. The third-order valence-corrected chi connectivity index (χ3v) is 14.6. The molecule has 0 bridgehead atoms. The summed E-state index contributed by atoms with van der Waals surface area (Å²) in [6.07, 6.45) is 6.59. The molecule has 1 aromatic heterocycles. The number of hydrogen-bond donors (Lipinski definition) is 0. The smallest absolute Gasteiger partial charge is 0.141 e. The standard InChI is InChI=1S/C65H42N2O/c1-3-17-44(18-4-1)50-22-9-13-27-59(50)66(48-35-31-43(32-36-48)46-34-40-61-55(41-46)53-24-10-14-28-60(53)67(61)47-20-5-2-6-21-47)49-37-39-52-54-38-33-45-19-7-8-23-51(45)64(54)65(58(52)42-49)56-25-11-15-29-62(56)68-63-30-16-12-26-57(63)65/h1-7,9-11,13-22,24-25,27-42H,8,23H2. The van der Waals surface area contributed by atoms with E-state index >= 15 is 0 Å². The highest BCUT2D eigenvalue weighted by atomic mass is 16.5. The van der Waals surface area contributed by atoms with E-state index in [4.69, 9.17) is 4.74 Å². The second-order valence-corrected chi connectivity index (χ2v) is 18.1. The summed E-state index contributed by atoms with van der Waals surface area (Å²) in [7, 11) is 0. The molecule has 3 aliphatic rings. The zero-order chi connectivity index (χ0) is 44.8. The first kappa shape index (κ1) is 38.4. The van der Waals surface area contributed by atoms with Gasteiger partial charge in [0.15, 0.2) is 0 Å². The van der Waals surface area contributed by atoms with Crippen LogP contribution in [0.25, 0.3) is 66.9 Å². The van der Waals surface area contributed by atoms with Crippen molar-refractivity contribution in [2.24, 2.45) is 0 Å². The van der Waals surface area contributed by atoms with E-state index in [-0.39, 0.29) is 0 Å². The Hall–Kier alpha value is -8.84. The fourth-order valence-electron chi connectivity index (χ4n) is 11.7. The van der Waals surface area contributed by atoms with Gasteiger partial charge in [-0.05, 0) is 142 Å². The van der Waals surface area contributed by atoms with Gasteiger partial charge in [-0.25, -0.2) is 0 Å². The third-order valence-electron chi connectivity index (χ3n) is 14.6. The lowest BCUT2D eigenvalue weighted by atomic mass is 9.64. The monoisotopic (exact) mass is 866 g/mol. The van der Waals surface area contributed by atoms with Gasteiger partial charge in [-0.2, -0.15) is 0 Å². The summed E-state index contributed by atoms with van der Waals surface area (Å²) in [4.78, 5) is 2.45. The van der Waals surface area contributed by atoms with E-state index in [0.29, 0.717) is 0 Å². The van der Waals surface area contributed by atoms with Gasteiger partial charge in [0.1, 0.15) is 11.5 Å². The van der Waals surface area contributed by atoms with Crippen LogP contribution in [0.3, 0.4) is 0 Å². The van der Waals surface area contributed by atoms with Gasteiger partial charge >= 0.3 is 0 Å². The Labute approximate surface area is 396 Å². The van der Waals surface area contributed by atoms with E-state index < -0.39 is 5.41 Å². The second-order valence-electron chi connectivity index (χ2n) is 18.1. The fraction of sp³-hybridized carbons (Fsp3) is 0.0462. The lowest BCUT2D eigenvalue weighted by Crippen LogP contribution is -2.33. The number of nitrogens with zero attached hydrogens (tertiary/aromatic N) is 2. The molecule has 318 valence electrons. The lowest BCUT2D eigenvalue weighted by Gasteiger charge is -2.40. The Balaban J connectivity index is 0.975. The Morgan fingerprint density at radius 2 is 1.25 bits per heavy atom. The summed E-state index contributed by atoms with van der Waals surface area (Å²) in [5.74, 6) is 1.69. The first-order valence-electron chi connectivity index (χ1n) is 23.6. The van der Waals surface area contributed by atoms with Gasteiger partial charge in [-0.15, -0.1) is 0 Å². The highest BCUT2D eigenvalue weighted by Crippen LogP contribution is 2.64. The zero-order valence-corrected chi connectivity index (χ0v) is 37.2. The van der Waals surface area contributed by atoms with Crippen molar-refractivity contribution in [3.05, 3.63) is 270 Å². The van der Waals surface area contributed by atoms with Crippen molar-refractivity contribution in [2.45, 2.75) is 18.3 Å². The molecule has 0 fully saturated rings. The predicted molar refractivity (Wildman–Crippen MR) is 279 cm³/mol. The minimum Gasteiger partial charge on any atom is -0.456 e. The van der Waals surface area contributed by atoms with Gasteiger partial charge in [-0.3, -0.25) is 0 Å². The molecule has 1 aliphatic heterocycles. The van der Waals surface area contributed by atoms with E-state index in [1.54, 1.807) is 0 Å². The minimum atomic E-state index is -0.685. The second kappa shape index (κ2) is 15.1. The first-order valence-corrected chi connectivity index (χ1v) is 23.6. The van der Waals surface area contributed by atoms with E-state index in [1.807, 2.05) is 6.07 Å². The molecule has 2 heterocycles. The van der Waals surface area contributed by atoms with Crippen LogP contribution in [0.4, 0.5) is 17.1 Å². The first-order chi connectivity index (χ1) is 33.7. The van der Waals surface area contributed by atoms with Gasteiger partial charge in [0.05, 0.1) is 27.7 Å². The van der Waals surface area contributed by atoms with E-state index in [9.17, 15) is 0 Å². The molecule has 0 N–H and O–H groups in total. The predicted octanol–water partition coefficient (Wildman–Crippen LogP) is 16.6. The molecule has 10 aromatic carbocycles. The quantitative estimate of drug-likeness (QED) is 0.166. The molecular weight excluding hydrogens is 825 g/mol. The zero-order valence-electron chi connectivity index (χ0n) is 37.2. The summed E-state index contributed by atoms with van der Waals surface area (Å²) >= 11 is 0. The van der Waals surface area contributed by atoms with Crippen LogP contribution in [-0.2, 0) is 11.8 Å². The van der Waals surface area contributed by atoms with Crippen LogP contribution >= 0.6 is 0 Å². The number of anilines is 3. The molecule has 0 saturated heterocycles. The van der Waals surface area contributed by atoms with Crippen LogP contribution in [0.5, 0.6) is 11.5 Å². The summed E-state index contributed by atoms with van der Waals surface area (Å²) in [5, 5.41) is 2.48. The molecule has 2 aliphatic carbocycles. The van der Waals surface area contributed by atoms with Crippen molar-refractivity contribution in [3.8, 4) is 50.6 Å². The molecule has 3 heteroatoms. The van der Waals surface area contributed by atoms with Gasteiger partial charge in [0.25, 0.3) is 0 Å². The molecule has 68 heavy (non-hydrogen) atoms. The van der Waals surface area contributed by atoms with Gasteiger partial charge in [-0.1, -0.05) is 164 Å². The van der Waals surface area contributed by atoms with Crippen LogP contribution < -0.4 is 9.64 Å². The number of rotatable bonds is 6. The molecule has 1 atom stereocenters. The van der Waals surface area contributed by atoms with Crippen LogP contribution in [-0.4, -0.2) is 4.57 Å². The molecule has 14 rings (SSSR count). The molecule has 3 nitrogen and oxygen atoms in total. The molecular formula is C65H42N2O. The normalized spacial score (nSPS) is 13.5. The average Bonchev–Trinajstić information content (AvgIpc) is 3.90. The summed E-state index contributed by atoms with van der Waals surface area (Å²) in [6.45, 7) is 0. The summed E-state index contributed by atoms with van der Waals surface area (Å²) in [6, 6.07) is 86.4. The number of hydrogen-bond acceptors (Lipinski definition) is 2. The fourth-order valence-corrected chi connectivity index (χ4v) is 11.7. The largest absolute Gasteiger partial charge is 0.456 e. The van der Waals surface area contributed by atoms with Crippen molar-refractivity contribution in [1.29, 1.82) is 0 Å². The van der Waals surface area contributed by atoms with Crippen LogP contribution in [0.2, 0.25) is 0 Å². The number of benzene rings is 9. The van der Waals surface area contributed by atoms with Crippen molar-refractivity contribution >= 4 is 44.9 Å². The molecule has 0 radical (unpaired) electrons. The van der Waals surface area contributed by atoms with Gasteiger partial charge < -0.3 is 14.2 Å². The number of fused-ring (bicyclic) bond motifs is 14. The van der Waals surface area contributed by atoms with Crippen molar-refractivity contribution in [1.82, 2.24) is 4.57 Å². The van der Waals surface area contributed by atoms with Crippen LogP contribution in [0.1, 0.15) is 39.8 Å². The highest BCUT2D eigenvalue weighted by Gasteiger charge is 2.53. The number of aromatic nitrogens is 1. The number of allylic oxidation sites excluding steroid dienone is 1. The summed E-state index contributed by atoms with van der Waals surface area (Å²) < 4.78 is 9.13. The lowest BCUT2D eigenvalue weighted by molar-refractivity contribution is 0.436. The maximum absolute atomic E-state index is 6.76. The van der Waals surface area contributed by atoms with Gasteiger partial charge in [0, 0.05) is 39.0 Å². The van der Waals surface area contributed by atoms with Gasteiger partial charge in [0.2, 0.25) is 0 Å². The van der Waals surface area contributed by atoms with Crippen LogP contribution in [0.15, 0.2) is 224 Å². The Bertz CT molecular complexity index is 3780. The number of para-hydroxylation sites is 4. The molecule has 11 aromatic rings. The Kier molecular flexibility index (Phi) is 8.54. The molecule has 1 spiro atoms. The summed E-state index contributed by atoms with van der Waals surface area (Å²) in [5.41, 5.74) is 20.6. The molecule has 1 unspecified atom stereocenters. The van der Waals surface area contributed by atoms with Crippen molar-refractivity contribution in [3.63, 3.8) is 0 Å². The third kappa shape index (κ3) is 5.62. The average molecular weight is 867 g/mol. The van der Waals surface area contributed by atoms with Crippen molar-refractivity contribution < 1.29 is 4.74 Å². The SMILES string of the molecule is c1ccc2c(c#1)C1(c3ccccc3O2)c2cc(N(c3ccc(-c4ccc5c(c4)c4ccccc4n5-c4ccccc4)cc3)c3ccccc3-c3ccccc3)ccc2-c2ccc3c(c21)CCC=C3. The maximum Gasteiger partial charge on any atom is 0.141 e. The van der Waals surface area contributed by atoms with E-state index in [2.05, 4.69) is 246 Å². The molecule has 0 amide bonds. The highest BCUT2D eigenvalue weighted by molar-refractivity contribution is 6.10. The van der Waals surface area contributed by atoms with Crippen LogP contribution in [0, 0.1) is 12.1 Å². The number of ether oxygens (including phenoxy) is 1. The topological polar surface area (TPSA) is 17.4 Å². The minimum absolute atomic E-state index is 0.685. The maximum atomic E-state index is 6.76. The molecule has 0 saturated carbocycles. The Morgan fingerprint density at radius 3 is 2.15 bits per heavy atom. The van der Waals surface area contributed by atoms with Crippen molar-refractivity contribution in [2.75, 3.05) is 4.90 Å². The van der Waals surface area contributed by atoms with E-state index in [0.717, 1.165) is 74.9 Å². The van der Waals surface area contributed by atoms with E-state index in [1.165, 1.54) is 60.8 Å².